The molecule has 1 unspecified atom stereocenters. The molecular formula is C30H32BN3O5. The monoisotopic (exact) mass is 525 g/mol. The van der Waals surface area contributed by atoms with E-state index >= 15 is 0 Å². The average molecular weight is 525 g/mol. The molecule has 0 N–H and O–H groups in total. The van der Waals surface area contributed by atoms with Gasteiger partial charge in [-0.05, 0) is 89.4 Å². The van der Waals surface area contributed by atoms with Crippen molar-refractivity contribution in [3.63, 3.8) is 0 Å². The van der Waals surface area contributed by atoms with Crippen LogP contribution in [0.3, 0.4) is 0 Å². The van der Waals surface area contributed by atoms with E-state index in [0.717, 1.165) is 35.8 Å². The largest absolute Gasteiger partial charge is 0.498 e. The molecule has 0 saturated carbocycles. The minimum Gasteiger partial charge on any atom is -0.456 e. The first-order valence-corrected chi connectivity index (χ1v) is 13.4. The fraction of sp³-hybridized carbons (Fsp3) is 0.367. The molecule has 2 saturated heterocycles. The number of ketones is 1. The predicted octanol–water partition coefficient (Wildman–Crippen LogP) is 5.45. The lowest BCUT2D eigenvalue weighted by Crippen LogP contribution is -2.41. The summed E-state index contributed by atoms with van der Waals surface area (Å²) in [6.45, 7) is 8.73. The summed E-state index contributed by atoms with van der Waals surface area (Å²) in [6.07, 6.45) is 6.07. The molecule has 9 heteroatoms. The minimum atomic E-state index is -0.580. The number of aromatic nitrogens is 3. The SMILES string of the molecule is CC1(C)OB(c2ccncc2Oc2ccc(C(=O)c3nc4ccccc4n3C3CCCCO3)cc2)OC1(C)C. The van der Waals surface area contributed by atoms with E-state index in [1.165, 1.54) is 0 Å². The van der Waals surface area contributed by atoms with Gasteiger partial charge in [-0.3, -0.25) is 14.3 Å². The van der Waals surface area contributed by atoms with Crippen LogP contribution in [0.5, 0.6) is 11.5 Å². The Labute approximate surface area is 228 Å². The highest BCUT2D eigenvalue weighted by Crippen LogP contribution is 2.37. The second-order valence-corrected chi connectivity index (χ2v) is 11.1. The standard InChI is InChI=1S/C30H32BN3O5/c1-29(2)30(3,4)39-31(38-29)22-16-17-32-19-25(22)37-21-14-12-20(13-15-21)27(35)28-33-23-9-5-6-10-24(23)34(28)26-11-7-8-18-36-26/h5-6,9-10,12-17,19,26H,7-8,11,18H2,1-4H3. The van der Waals surface area contributed by atoms with Gasteiger partial charge in [0.05, 0.1) is 28.4 Å². The van der Waals surface area contributed by atoms with E-state index in [0.29, 0.717) is 29.5 Å². The van der Waals surface area contributed by atoms with Gasteiger partial charge in [-0.2, -0.15) is 0 Å². The summed E-state index contributed by atoms with van der Waals surface area (Å²) < 4.78 is 26.6. The third kappa shape index (κ3) is 4.75. The number of carbonyl (C=O) groups excluding carboxylic acids is 1. The zero-order valence-corrected chi connectivity index (χ0v) is 22.7. The smallest absolute Gasteiger partial charge is 0.456 e. The topological polar surface area (TPSA) is 84.7 Å². The highest BCUT2D eigenvalue weighted by Gasteiger charge is 2.52. The number of carbonyl (C=O) groups is 1. The summed E-state index contributed by atoms with van der Waals surface area (Å²) in [5, 5.41) is 0. The van der Waals surface area contributed by atoms with Crippen LogP contribution in [0, 0.1) is 0 Å². The van der Waals surface area contributed by atoms with Crippen molar-refractivity contribution in [3.05, 3.63) is 78.4 Å². The average Bonchev–Trinajstić information content (AvgIpc) is 3.43. The van der Waals surface area contributed by atoms with Gasteiger partial charge in [-0.1, -0.05) is 12.1 Å². The van der Waals surface area contributed by atoms with Crippen molar-refractivity contribution in [1.82, 2.24) is 14.5 Å². The molecule has 2 aliphatic rings. The van der Waals surface area contributed by atoms with E-state index in [4.69, 9.17) is 23.8 Å². The summed E-state index contributed by atoms with van der Waals surface area (Å²) in [7, 11) is -0.580. The lowest BCUT2D eigenvalue weighted by Gasteiger charge is -2.32. The van der Waals surface area contributed by atoms with Gasteiger partial charge in [-0.25, -0.2) is 4.98 Å². The Kier molecular flexibility index (Phi) is 6.53. The Hall–Kier alpha value is -3.53. The van der Waals surface area contributed by atoms with Crippen LogP contribution in [-0.2, 0) is 14.0 Å². The van der Waals surface area contributed by atoms with Crippen molar-refractivity contribution >= 4 is 29.4 Å². The van der Waals surface area contributed by atoms with E-state index < -0.39 is 18.3 Å². The van der Waals surface area contributed by atoms with Crippen molar-refractivity contribution < 1.29 is 23.6 Å². The van der Waals surface area contributed by atoms with Gasteiger partial charge in [0.1, 0.15) is 17.7 Å². The van der Waals surface area contributed by atoms with Crippen LogP contribution in [-0.4, -0.2) is 45.2 Å². The number of para-hydroxylation sites is 2. The molecule has 0 aliphatic carbocycles. The summed E-state index contributed by atoms with van der Waals surface area (Å²) >= 11 is 0. The van der Waals surface area contributed by atoms with Crippen molar-refractivity contribution in [2.75, 3.05) is 6.61 Å². The molecule has 39 heavy (non-hydrogen) atoms. The normalized spacial score (nSPS) is 20.3. The molecule has 2 aromatic carbocycles. The maximum atomic E-state index is 13.7. The van der Waals surface area contributed by atoms with E-state index in [1.807, 2.05) is 62.6 Å². The quantitative estimate of drug-likeness (QED) is 0.244. The van der Waals surface area contributed by atoms with Crippen molar-refractivity contribution in [3.8, 4) is 11.5 Å². The summed E-state index contributed by atoms with van der Waals surface area (Å²) in [5.41, 5.74) is 2.01. The number of imidazole rings is 1. The molecule has 1 atom stereocenters. The van der Waals surface area contributed by atoms with Gasteiger partial charge in [0.15, 0.2) is 5.82 Å². The molecule has 0 spiro atoms. The van der Waals surface area contributed by atoms with Gasteiger partial charge in [0.2, 0.25) is 5.78 Å². The van der Waals surface area contributed by atoms with E-state index in [9.17, 15) is 4.79 Å². The van der Waals surface area contributed by atoms with Gasteiger partial charge >= 0.3 is 7.12 Å². The molecule has 0 bridgehead atoms. The molecule has 6 rings (SSSR count). The van der Waals surface area contributed by atoms with Crippen LogP contribution >= 0.6 is 0 Å². The third-order valence-corrected chi connectivity index (χ3v) is 7.91. The molecule has 4 aromatic rings. The number of benzene rings is 2. The van der Waals surface area contributed by atoms with Crippen LogP contribution in [0.4, 0.5) is 0 Å². The second kappa shape index (κ2) is 9.90. The van der Waals surface area contributed by atoms with Gasteiger partial charge < -0.3 is 18.8 Å². The molecule has 2 aromatic heterocycles. The number of hydrogen-bond acceptors (Lipinski definition) is 7. The highest BCUT2D eigenvalue weighted by atomic mass is 16.7. The molecular weight excluding hydrogens is 493 g/mol. The maximum Gasteiger partial charge on any atom is 0.498 e. The number of ether oxygens (including phenoxy) is 2. The first-order valence-electron chi connectivity index (χ1n) is 13.4. The zero-order valence-electron chi connectivity index (χ0n) is 22.7. The summed E-state index contributed by atoms with van der Waals surface area (Å²) in [4.78, 5) is 22.6. The van der Waals surface area contributed by atoms with Gasteiger partial charge in [-0.15, -0.1) is 0 Å². The number of hydrogen-bond donors (Lipinski definition) is 0. The van der Waals surface area contributed by atoms with Crippen molar-refractivity contribution in [2.24, 2.45) is 0 Å². The molecule has 200 valence electrons. The fourth-order valence-corrected chi connectivity index (χ4v) is 4.99. The minimum absolute atomic E-state index is 0.161. The van der Waals surface area contributed by atoms with Crippen LogP contribution in [0.2, 0.25) is 0 Å². The molecule has 4 heterocycles. The lowest BCUT2D eigenvalue weighted by atomic mass is 9.79. The van der Waals surface area contributed by atoms with E-state index in [2.05, 4.69) is 4.98 Å². The van der Waals surface area contributed by atoms with Crippen LogP contribution in [0.1, 0.15) is 69.4 Å². The highest BCUT2D eigenvalue weighted by molar-refractivity contribution is 6.63. The number of nitrogens with zero attached hydrogens (tertiary/aromatic N) is 3. The van der Waals surface area contributed by atoms with Gasteiger partial charge in [0.25, 0.3) is 0 Å². The van der Waals surface area contributed by atoms with Gasteiger partial charge in [0, 0.05) is 23.8 Å². The molecule has 0 radical (unpaired) electrons. The first kappa shape index (κ1) is 25.7. The van der Waals surface area contributed by atoms with E-state index in [1.54, 1.807) is 36.7 Å². The number of pyridine rings is 1. The summed E-state index contributed by atoms with van der Waals surface area (Å²) in [5.74, 6) is 1.33. The Bertz CT molecular complexity index is 1490. The first-order chi connectivity index (χ1) is 18.7. The zero-order chi connectivity index (χ0) is 27.2. The van der Waals surface area contributed by atoms with Crippen LogP contribution < -0.4 is 10.2 Å². The van der Waals surface area contributed by atoms with E-state index in [-0.39, 0.29) is 12.0 Å². The number of rotatable bonds is 6. The second-order valence-electron chi connectivity index (χ2n) is 11.1. The fourth-order valence-electron chi connectivity index (χ4n) is 4.99. The molecule has 2 aliphatic heterocycles. The molecule has 2 fully saturated rings. The Morgan fingerprint density at radius 3 is 2.46 bits per heavy atom. The predicted molar refractivity (Wildman–Crippen MR) is 148 cm³/mol. The maximum absolute atomic E-state index is 13.7. The van der Waals surface area contributed by atoms with Crippen LogP contribution in [0.25, 0.3) is 11.0 Å². The Morgan fingerprint density at radius 2 is 1.74 bits per heavy atom. The Balaban J connectivity index is 1.26. The van der Waals surface area contributed by atoms with Crippen molar-refractivity contribution in [1.29, 1.82) is 0 Å². The third-order valence-electron chi connectivity index (χ3n) is 7.91. The molecule has 8 nitrogen and oxygen atoms in total. The Morgan fingerprint density at radius 1 is 1.00 bits per heavy atom. The molecule has 0 amide bonds. The van der Waals surface area contributed by atoms with Crippen molar-refractivity contribution in [2.45, 2.75) is 64.4 Å². The summed E-state index contributed by atoms with van der Waals surface area (Å²) in [6, 6.07) is 16.7. The number of fused-ring (bicyclic) bond motifs is 1. The lowest BCUT2D eigenvalue weighted by molar-refractivity contribution is -0.0304. The van der Waals surface area contributed by atoms with Crippen LogP contribution in [0.15, 0.2) is 67.0 Å².